The first-order chi connectivity index (χ1) is 17.0. The number of benzene rings is 2. The molecule has 3 aromatic heterocycles. The molecule has 0 aliphatic carbocycles. The van der Waals surface area contributed by atoms with Crippen molar-refractivity contribution in [1.29, 1.82) is 0 Å². The maximum atomic E-state index is 13.4. The molecule has 5 nitrogen and oxygen atoms in total. The summed E-state index contributed by atoms with van der Waals surface area (Å²) in [7, 11) is 0. The summed E-state index contributed by atoms with van der Waals surface area (Å²) in [5, 5.41) is 1.04. The Hall–Kier alpha value is -4.32. The zero-order chi connectivity index (χ0) is 24.1. The second-order valence-corrected chi connectivity index (χ2v) is 9.05. The molecule has 0 fully saturated rings. The number of carbonyl (C=O) groups excluding carboxylic acids is 1. The van der Waals surface area contributed by atoms with Crippen LogP contribution >= 0.6 is 0 Å². The van der Waals surface area contributed by atoms with Gasteiger partial charge in [0.15, 0.2) is 0 Å². The summed E-state index contributed by atoms with van der Waals surface area (Å²) in [5.74, 6) is -0.266. The summed E-state index contributed by atoms with van der Waals surface area (Å²) in [6, 6.07) is 16.5. The lowest BCUT2D eigenvalue weighted by molar-refractivity contribution is 0.0715. The molecule has 0 saturated heterocycles. The van der Waals surface area contributed by atoms with Gasteiger partial charge in [0.1, 0.15) is 11.5 Å². The summed E-state index contributed by atoms with van der Waals surface area (Å²) in [6.07, 6.45) is 7.40. The van der Waals surface area contributed by atoms with Crippen molar-refractivity contribution in [3.8, 4) is 22.3 Å². The van der Waals surface area contributed by atoms with Crippen molar-refractivity contribution >= 4 is 16.9 Å². The molecule has 4 heterocycles. The van der Waals surface area contributed by atoms with Crippen LogP contribution in [0.25, 0.3) is 33.3 Å². The molecule has 0 saturated carbocycles. The van der Waals surface area contributed by atoms with E-state index >= 15 is 0 Å². The molecule has 35 heavy (non-hydrogen) atoms. The zero-order valence-corrected chi connectivity index (χ0v) is 19.4. The standard InChI is InChI=1S/C29H23FN4O/c1-17-11-21(22-13-25-26(15-33-28(25)32-14-22)20-7-9-31-10-8-20)12-23-16-34(29(35)27(17)23)18(2)19-3-5-24(30)6-4-19/h3-15,18H,16H2,1-2H3,(H,32,33)/t18-/m0/s1. The second-order valence-electron chi connectivity index (χ2n) is 9.05. The number of aromatic nitrogens is 3. The molecular weight excluding hydrogens is 439 g/mol. The molecule has 1 aliphatic heterocycles. The number of halogens is 1. The Morgan fingerprint density at radius 3 is 2.54 bits per heavy atom. The van der Waals surface area contributed by atoms with E-state index in [0.29, 0.717) is 6.54 Å². The molecule has 6 rings (SSSR count). The van der Waals surface area contributed by atoms with Gasteiger partial charge in [0.05, 0.1) is 6.04 Å². The van der Waals surface area contributed by atoms with Gasteiger partial charge in [-0.1, -0.05) is 18.2 Å². The summed E-state index contributed by atoms with van der Waals surface area (Å²) >= 11 is 0. The first-order valence-electron chi connectivity index (χ1n) is 11.6. The molecule has 1 atom stereocenters. The van der Waals surface area contributed by atoms with E-state index in [2.05, 4.69) is 33.2 Å². The molecule has 1 amide bonds. The van der Waals surface area contributed by atoms with E-state index in [1.54, 1.807) is 24.5 Å². The molecule has 172 valence electrons. The summed E-state index contributed by atoms with van der Waals surface area (Å²) in [6.45, 7) is 4.48. The highest BCUT2D eigenvalue weighted by molar-refractivity contribution is 6.01. The van der Waals surface area contributed by atoms with Crippen LogP contribution in [0.5, 0.6) is 0 Å². The highest BCUT2D eigenvalue weighted by Crippen LogP contribution is 2.37. The average molecular weight is 463 g/mol. The summed E-state index contributed by atoms with van der Waals surface area (Å²) in [5.41, 5.74) is 8.62. The molecular formula is C29H23FN4O. The number of pyridine rings is 2. The van der Waals surface area contributed by atoms with Crippen LogP contribution in [0.3, 0.4) is 0 Å². The third-order valence-corrected chi connectivity index (χ3v) is 6.91. The van der Waals surface area contributed by atoms with Crippen LogP contribution in [0.1, 0.15) is 40.0 Å². The SMILES string of the molecule is Cc1cc(-c2cnc3[nH]cc(-c4ccncc4)c3c2)cc2c1C(=O)N([C@@H](C)c1ccc(F)cc1)C2. The largest absolute Gasteiger partial charge is 0.346 e. The van der Waals surface area contributed by atoms with Gasteiger partial charge in [-0.05, 0) is 78.1 Å². The Morgan fingerprint density at radius 2 is 1.77 bits per heavy atom. The van der Waals surface area contributed by atoms with Crippen molar-refractivity contribution in [3.63, 3.8) is 0 Å². The van der Waals surface area contributed by atoms with Crippen molar-refractivity contribution in [2.75, 3.05) is 0 Å². The number of H-pyrrole nitrogens is 1. The fraction of sp³-hybridized carbons (Fsp3) is 0.138. The Bertz CT molecular complexity index is 1570. The molecule has 1 N–H and O–H groups in total. The molecule has 0 bridgehead atoms. The third-order valence-electron chi connectivity index (χ3n) is 6.91. The average Bonchev–Trinajstić information content (AvgIpc) is 3.45. The molecule has 1 aliphatic rings. The van der Waals surface area contributed by atoms with E-state index in [4.69, 9.17) is 0 Å². The molecule has 6 heteroatoms. The van der Waals surface area contributed by atoms with Crippen LogP contribution in [0.4, 0.5) is 4.39 Å². The molecule has 0 unspecified atom stereocenters. The second kappa shape index (κ2) is 8.17. The Labute approximate surface area is 202 Å². The van der Waals surface area contributed by atoms with Gasteiger partial charge in [-0.25, -0.2) is 9.37 Å². The van der Waals surface area contributed by atoms with E-state index in [9.17, 15) is 9.18 Å². The number of fused-ring (bicyclic) bond motifs is 2. The topological polar surface area (TPSA) is 61.9 Å². The lowest BCUT2D eigenvalue weighted by atomic mass is 9.96. The van der Waals surface area contributed by atoms with E-state index in [1.807, 2.05) is 43.3 Å². The molecule has 2 aromatic carbocycles. The van der Waals surface area contributed by atoms with Crippen molar-refractivity contribution < 1.29 is 9.18 Å². The third kappa shape index (κ3) is 3.58. The normalized spacial score (nSPS) is 13.9. The predicted octanol–water partition coefficient (Wildman–Crippen LogP) is 6.46. The monoisotopic (exact) mass is 462 g/mol. The number of aryl methyl sites for hydroxylation is 1. The number of aromatic amines is 1. The predicted molar refractivity (Wildman–Crippen MR) is 134 cm³/mol. The van der Waals surface area contributed by atoms with Gasteiger partial charge < -0.3 is 9.88 Å². The van der Waals surface area contributed by atoms with Gasteiger partial charge in [0.25, 0.3) is 5.91 Å². The van der Waals surface area contributed by atoms with Crippen molar-refractivity contribution in [1.82, 2.24) is 19.9 Å². The maximum absolute atomic E-state index is 13.4. The number of hydrogen-bond acceptors (Lipinski definition) is 3. The van der Waals surface area contributed by atoms with Crippen LogP contribution in [0, 0.1) is 12.7 Å². The minimum absolute atomic E-state index is 0.0139. The lowest BCUT2D eigenvalue weighted by Gasteiger charge is -2.24. The van der Waals surface area contributed by atoms with Crippen LogP contribution in [-0.4, -0.2) is 25.8 Å². The molecule has 5 aromatic rings. The fourth-order valence-electron chi connectivity index (χ4n) is 5.02. The Kier molecular flexibility index (Phi) is 4.95. The zero-order valence-electron chi connectivity index (χ0n) is 19.4. The van der Waals surface area contributed by atoms with E-state index in [0.717, 1.165) is 55.5 Å². The van der Waals surface area contributed by atoms with E-state index < -0.39 is 0 Å². The Balaban J connectivity index is 1.37. The van der Waals surface area contributed by atoms with Gasteiger partial charge in [-0.2, -0.15) is 0 Å². The van der Waals surface area contributed by atoms with E-state index in [1.165, 1.54) is 12.1 Å². The van der Waals surface area contributed by atoms with Crippen LogP contribution < -0.4 is 0 Å². The first kappa shape index (κ1) is 21.2. The summed E-state index contributed by atoms with van der Waals surface area (Å²) in [4.78, 5) is 27.2. The van der Waals surface area contributed by atoms with Gasteiger partial charge >= 0.3 is 0 Å². The number of amides is 1. The van der Waals surface area contributed by atoms with Gasteiger partial charge in [-0.3, -0.25) is 9.78 Å². The van der Waals surface area contributed by atoms with Gasteiger partial charge in [0.2, 0.25) is 0 Å². The van der Waals surface area contributed by atoms with Crippen molar-refractivity contribution in [2.45, 2.75) is 26.4 Å². The number of rotatable bonds is 4. The smallest absolute Gasteiger partial charge is 0.255 e. The van der Waals surface area contributed by atoms with Crippen LogP contribution in [-0.2, 0) is 6.54 Å². The number of carbonyl (C=O) groups is 1. The summed E-state index contributed by atoms with van der Waals surface area (Å²) < 4.78 is 13.4. The van der Waals surface area contributed by atoms with Gasteiger partial charge in [0, 0.05) is 53.4 Å². The molecule has 0 spiro atoms. The number of nitrogens with one attached hydrogen (secondary N) is 1. The highest BCUT2D eigenvalue weighted by atomic mass is 19.1. The minimum atomic E-state index is -0.280. The van der Waals surface area contributed by atoms with Crippen molar-refractivity contribution in [3.05, 3.63) is 107 Å². The quantitative estimate of drug-likeness (QED) is 0.334. The maximum Gasteiger partial charge on any atom is 0.255 e. The molecule has 0 radical (unpaired) electrons. The fourth-order valence-corrected chi connectivity index (χ4v) is 5.02. The minimum Gasteiger partial charge on any atom is -0.346 e. The van der Waals surface area contributed by atoms with Gasteiger partial charge in [-0.15, -0.1) is 0 Å². The van der Waals surface area contributed by atoms with Crippen LogP contribution in [0.15, 0.2) is 79.4 Å². The lowest BCUT2D eigenvalue weighted by Crippen LogP contribution is -2.27. The van der Waals surface area contributed by atoms with Crippen molar-refractivity contribution in [2.24, 2.45) is 0 Å². The number of nitrogens with zero attached hydrogens (tertiary/aromatic N) is 3. The van der Waals surface area contributed by atoms with Crippen LogP contribution in [0.2, 0.25) is 0 Å². The van der Waals surface area contributed by atoms with E-state index in [-0.39, 0.29) is 17.8 Å². The first-order valence-corrected chi connectivity index (χ1v) is 11.6. The number of hydrogen-bond donors (Lipinski definition) is 1. The Morgan fingerprint density at radius 1 is 1.00 bits per heavy atom. The highest BCUT2D eigenvalue weighted by Gasteiger charge is 2.33.